The van der Waals surface area contributed by atoms with Gasteiger partial charge in [0.15, 0.2) is 0 Å². The second kappa shape index (κ2) is 8.76. The fraction of sp³-hybridized carbons (Fsp3) is 0.360. The maximum atomic E-state index is 14.9. The molecule has 1 saturated carbocycles. The molecule has 184 valence electrons. The van der Waals surface area contributed by atoms with Gasteiger partial charge < -0.3 is 15.4 Å². The summed E-state index contributed by atoms with van der Waals surface area (Å²) in [6.45, 7) is 3.18. The van der Waals surface area contributed by atoms with Gasteiger partial charge in [0.05, 0.1) is 34.6 Å². The van der Waals surface area contributed by atoms with Gasteiger partial charge in [0.1, 0.15) is 11.3 Å². The molecule has 1 aliphatic rings. The first-order valence-corrected chi connectivity index (χ1v) is 13.2. The van der Waals surface area contributed by atoms with E-state index in [-0.39, 0.29) is 18.1 Å². The molecule has 2 heterocycles. The summed E-state index contributed by atoms with van der Waals surface area (Å²) in [5.74, 6) is -0.530. The molecular weight excluding hydrogens is 469 g/mol. The fourth-order valence-corrected chi connectivity index (χ4v) is 6.00. The number of hydrogen-bond donors (Lipinski definition) is 2. The van der Waals surface area contributed by atoms with Gasteiger partial charge in [-0.2, -0.15) is 0 Å². The molecule has 0 radical (unpaired) electrons. The van der Waals surface area contributed by atoms with Crippen molar-refractivity contribution in [1.29, 1.82) is 0 Å². The molecule has 0 saturated heterocycles. The molecule has 1 fully saturated rings. The van der Waals surface area contributed by atoms with E-state index < -0.39 is 21.1 Å². The molecule has 10 heteroatoms. The van der Waals surface area contributed by atoms with Crippen LogP contribution in [0.15, 0.2) is 48.8 Å². The molecule has 0 amide bonds. The molecule has 0 unspecified atom stereocenters. The molecule has 3 N–H and O–H groups in total. The minimum absolute atomic E-state index is 0.0514. The van der Waals surface area contributed by atoms with Crippen LogP contribution in [-0.2, 0) is 10.0 Å². The van der Waals surface area contributed by atoms with Gasteiger partial charge in [-0.3, -0.25) is 0 Å². The molecule has 5 rings (SSSR count). The number of aromatic nitrogens is 4. The van der Waals surface area contributed by atoms with Gasteiger partial charge in [-0.05, 0) is 57.7 Å². The van der Waals surface area contributed by atoms with Crippen molar-refractivity contribution in [3.8, 4) is 22.5 Å². The number of nitrogens with two attached hydrogens (primary N) is 1. The molecule has 2 aromatic heterocycles. The minimum Gasteiger partial charge on any atom is -0.393 e. The zero-order valence-electron chi connectivity index (χ0n) is 19.6. The first-order chi connectivity index (χ1) is 16.7. The van der Waals surface area contributed by atoms with Gasteiger partial charge in [-0.25, -0.2) is 26.7 Å². The molecule has 8 nitrogen and oxygen atoms in total. The van der Waals surface area contributed by atoms with Crippen molar-refractivity contribution in [2.24, 2.45) is 0 Å². The van der Waals surface area contributed by atoms with Crippen molar-refractivity contribution in [1.82, 2.24) is 18.5 Å². The van der Waals surface area contributed by atoms with Gasteiger partial charge in [-0.15, -0.1) is 0 Å². The number of anilines is 1. The van der Waals surface area contributed by atoms with Crippen LogP contribution in [0.25, 0.3) is 33.5 Å². The quantitative estimate of drug-likeness (QED) is 0.423. The summed E-state index contributed by atoms with van der Waals surface area (Å²) in [6.07, 6.45) is 4.18. The Morgan fingerprint density at radius 2 is 1.74 bits per heavy atom. The third-order valence-electron chi connectivity index (χ3n) is 6.76. The summed E-state index contributed by atoms with van der Waals surface area (Å²) in [5, 5.41) is 9.32. The number of halogens is 1. The van der Waals surface area contributed by atoms with Crippen LogP contribution in [0.4, 0.5) is 10.3 Å². The predicted molar refractivity (Wildman–Crippen MR) is 134 cm³/mol. The largest absolute Gasteiger partial charge is 0.393 e. The Balaban J connectivity index is 1.79. The number of para-hydroxylation sites is 1. The number of benzene rings is 2. The van der Waals surface area contributed by atoms with Crippen LogP contribution in [0.5, 0.6) is 0 Å². The lowest BCUT2D eigenvalue weighted by Crippen LogP contribution is -2.23. The van der Waals surface area contributed by atoms with Crippen LogP contribution in [0.1, 0.15) is 45.6 Å². The predicted octanol–water partition coefficient (Wildman–Crippen LogP) is 4.35. The van der Waals surface area contributed by atoms with Crippen LogP contribution in [0, 0.1) is 5.82 Å². The van der Waals surface area contributed by atoms with E-state index in [2.05, 4.69) is 9.97 Å². The van der Waals surface area contributed by atoms with Crippen molar-refractivity contribution < 1.29 is 17.9 Å². The van der Waals surface area contributed by atoms with Crippen molar-refractivity contribution >= 4 is 27.0 Å². The molecule has 1 aliphatic carbocycles. The van der Waals surface area contributed by atoms with E-state index in [1.807, 2.05) is 10.6 Å². The highest BCUT2D eigenvalue weighted by Crippen LogP contribution is 2.41. The zero-order chi connectivity index (χ0) is 24.9. The van der Waals surface area contributed by atoms with Crippen molar-refractivity contribution in [2.75, 3.05) is 5.73 Å². The topological polar surface area (TPSA) is 116 Å². The number of nitrogen functional groups attached to an aromatic ring is 1. The Morgan fingerprint density at radius 3 is 2.43 bits per heavy atom. The minimum atomic E-state index is -3.76. The van der Waals surface area contributed by atoms with Gasteiger partial charge in [0.2, 0.25) is 16.0 Å². The van der Waals surface area contributed by atoms with E-state index in [9.17, 15) is 17.9 Å². The molecule has 4 aromatic rings. The molecule has 0 atom stereocenters. The molecule has 35 heavy (non-hydrogen) atoms. The number of hydrogen-bond acceptors (Lipinski definition) is 6. The van der Waals surface area contributed by atoms with Crippen LogP contribution >= 0.6 is 0 Å². The zero-order valence-corrected chi connectivity index (χ0v) is 20.4. The number of aliphatic hydroxyl groups is 1. The van der Waals surface area contributed by atoms with E-state index in [1.165, 1.54) is 6.07 Å². The SMILES string of the molecule is CC(C)S(=O)(=O)n1c(N)nc2c(-c3c(-c4ccccc4F)ncn3[C@H]3CC[C@H](O)CC3)cccc21. The summed E-state index contributed by atoms with van der Waals surface area (Å²) in [4.78, 5) is 9.07. The first-order valence-electron chi connectivity index (χ1n) is 11.7. The lowest BCUT2D eigenvalue weighted by molar-refractivity contribution is 0.111. The summed E-state index contributed by atoms with van der Waals surface area (Å²) in [7, 11) is -3.76. The number of imidazole rings is 2. The third kappa shape index (κ3) is 3.90. The maximum Gasteiger partial charge on any atom is 0.244 e. The number of fused-ring (bicyclic) bond motifs is 1. The molecular formula is C25H28FN5O3S. The Kier molecular flexibility index (Phi) is 5.88. The summed E-state index contributed by atoms with van der Waals surface area (Å²) in [5.41, 5.74) is 8.96. The van der Waals surface area contributed by atoms with Crippen molar-refractivity contribution in [3.05, 3.63) is 54.6 Å². The van der Waals surface area contributed by atoms with Crippen molar-refractivity contribution in [3.63, 3.8) is 0 Å². The van der Waals surface area contributed by atoms with E-state index in [4.69, 9.17) is 5.73 Å². The average molecular weight is 498 g/mol. The highest BCUT2D eigenvalue weighted by molar-refractivity contribution is 7.90. The highest BCUT2D eigenvalue weighted by atomic mass is 32.2. The number of rotatable bonds is 5. The van der Waals surface area contributed by atoms with Gasteiger partial charge in [-0.1, -0.05) is 24.3 Å². The third-order valence-corrected chi connectivity index (χ3v) is 8.84. The highest BCUT2D eigenvalue weighted by Gasteiger charge is 2.30. The normalized spacial score (nSPS) is 19.0. The number of aliphatic hydroxyl groups excluding tert-OH is 1. The van der Waals surface area contributed by atoms with Crippen LogP contribution in [-0.4, -0.2) is 43.4 Å². The van der Waals surface area contributed by atoms with Crippen LogP contribution in [0.2, 0.25) is 0 Å². The smallest absolute Gasteiger partial charge is 0.244 e. The van der Waals surface area contributed by atoms with Gasteiger partial charge in [0.25, 0.3) is 0 Å². The second-order valence-corrected chi connectivity index (χ2v) is 11.6. The second-order valence-electron chi connectivity index (χ2n) is 9.29. The lowest BCUT2D eigenvalue weighted by atomic mass is 9.92. The van der Waals surface area contributed by atoms with Gasteiger partial charge in [0, 0.05) is 17.2 Å². The van der Waals surface area contributed by atoms with E-state index in [1.54, 1.807) is 50.5 Å². The van der Waals surface area contributed by atoms with Crippen LogP contribution < -0.4 is 5.73 Å². The fourth-order valence-electron chi connectivity index (χ4n) is 4.86. The lowest BCUT2D eigenvalue weighted by Gasteiger charge is -2.28. The van der Waals surface area contributed by atoms with Gasteiger partial charge >= 0.3 is 0 Å². The molecule has 2 aromatic carbocycles. The Labute approximate surface area is 203 Å². The molecule has 0 aliphatic heterocycles. The van der Waals surface area contributed by atoms with E-state index in [0.717, 1.165) is 16.8 Å². The Morgan fingerprint density at radius 1 is 1.06 bits per heavy atom. The van der Waals surface area contributed by atoms with E-state index in [0.29, 0.717) is 46.4 Å². The maximum absolute atomic E-state index is 14.9. The van der Waals surface area contributed by atoms with Crippen molar-refractivity contribution in [2.45, 2.75) is 56.9 Å². The Bertz CT molecular complexity index is 1500. The van der Waals surface area contributed by atoms with E-state index >= 15 is 0 Å². The average Bonchev–Trinajstić information content (AvgIpc) is 3.40. The number of nitrogens with zero attached hydrogens (tertiary/aromatic N) is 4. The summed E-state index contributed by atoms with van der Waals surface area (Å²) >= 11 is 0. The summed E-state index contributed by atoms with van der Waals surface area (Å²) < 4.78 is 44.1. The molecule has 0 bridgehead atoms. The first kappa shape index (κ1) is 23.5. The summed E-state index contributed by atoms with van der Waals surface area (Å²) in [6, 6.07) is 11.7. The standard InChI is InChI=1S/C25H28FN5O3S/c1-15(2)35(33,34)31-21-9-5-7-19(22(21)29-25(31)27)24-23(18-6-3-4-8-20(18)26)28-14-30(24)16-10-12-17(32)13-11-16/h3-9,14-17,32H,10-13H2,1-2H3,(H2,27,29)/t16-,17-. The van der Waals surface area contributed by atoms with Crippen LogP contribution in [0.3, 0.4) is 0 Å². The molecule has 0 spiro atoms. The Hall–Kier alpha value is -3.24. The monoisotopic (exact) mass is 497 g/mol.